The number of rotatable bonds is 6. The average molecular weight is 452 g/mol. The van der Waals surface area contributed by atoms with Crippen LogP contribution < -0.4 is 10.1 Å². The maximum Gasteiger partial charge on any atom is 0.335 e. The maximum atomic E-state index is 11.7. The third kappa shape index (κ3) is 4.29. The highest BCUT2D eigenvalue weighted by Gasteiger charge is 2.30. The van der Waals surface area contributed by atoms with E-state index >= 15 is 0 Å². The molecule has 0 amide bonds. The van der Waals surface area contributed by atoms with Gasteiger partial charge in [-0.15, -0.1) is 0 Å². The predicted molar refractivity (Wildman–Crippen MR) is 136 cm³/mol. The van der Waals surface area contributed by atoms with Gasteiger partial charge in [-0.3, -0.25) is 0 Å². The molecule has 34 heavy (non-hydrogen) atoms. The minimum atomic E-state index is -0.887. The molecule has 4 aromatic rings. The van der Waals surface area contributed by atoms with E-state index in [1.807, 2.05) is 37.3 Å². The minimum Gasteiger partial charge on any atom is -0.489 e. The number of carbonyl (C=O) groups is 1. The molecule has 2 N–H and O–H groups in total. The number of hydrogen-bond acceptors (Lipinski definition) is 3. The Kier molecular flexibility index (Phi) is 6.08. The van der Waals surface area contributed by atoms with E-state index in [9.17, 15) is 9.90 Å². The van der Waals surface area contributed by atoms with Crippen LogP contribution in [-0.2, 0) is 0 Å². The van der Waals surface area contributed by atoms with Crippen molar-refractivity contribution in [2.75, 3.05) is 6.54 Å². The first-order valence-electron chi connectivity index (χ1n) is 11.8. The van der Waals surface area contributed by atoms with Crippen molar-refractivity contribution in [3.8, 4) is 5.75 Å². The van der Waals surface area contributed by atoms with Gasteiger partial charge in [0.05, 0.1) is 5.56 Å². The molecular weight excluding hydrogens is 422 g/mol. The number of benzene rings is 4. The summed E-state index contributed by atoms with van der Waals surface area (Å²) in [6.07, 6.45) is 0.765. The molecule has 0 saturated carbocycles. The molecule has 0 aliphatic carbocycles. The third-order valence-corrected chi connectivity index (χ3v) is 6.92. The number of nitrogens with one attached hydrogen (secondary N) is 1. The smallest absolute Gasteiger partial charge is 0.335 e. The highest BCUT2D eigenvalue weighted by atomic mass is 16.5. The van der Waals surface area contributed by atoms with Gasteiger partial charge in [0.1, 0.15) is 11.9 Å². The van der Waals surface area contributed by atoms with E-state index in [0.29, 0.717) is 12.1 Å². The summed E-state index contributed by atoms with van der Waals surface area (Å²) in [5.74, 6) is 0.0750. The molecule has 0 fully saturated rings. The normalized spacial score (nSPS) is 18.2. The zero-order chi connectivity index (χ0) is 23.7. The summed E-state index contributed by atoms with van der Waals surface area (Å²) in [5, 5.41) is 15.8. The molecule has 0 saturated heterocycles. The van der Waals surface area contributed by atoms with Crippen LogP contribution in [-0.4, -0.2) is 23.7 Å². The van der Waals surface area contributed by atoms with E-state index in [2.05, 4.69) is 66.8 Å². The highest BCUT2D eigenvalue weighted by molar-refractivity contribution is 5.89. The second-order valence-corrected chi connectivity index (χ2v) is 9.14. The maximum absolute atomic E-state index is 11.7. The molecule has 4 nitrogen and oxygen atoms in total. The van der Waals surface area contributed by atoms with E-state index in [1.54, 1.807) is 0 Å². The van der Waals surface area contributed by atoms with Crippen LogP contribution in [0.1, 0.15) is 57.9 Å². The first-order valence-corrected chi connectivity index (χ1v) is 11.8. The number of carboxylic acid groups (broad SMARTS) is 1. The summed E-state index contributed by atoms with van der Waals surface area (Å²) in [6, 6.07) is 29.0. The van der Waals surface area contributed by atoms with Crippen molar-refractivity contribution in [2.24, 2.45) is 0 Å². The molecular formula is C30H29NO3. The molecule has 0 bridgehead atoms. The highest BCUT2D eigenvalue weighted by Crippen LogP contribution is 2.40. The third-order valence-electron chi connectivity index (χ3n) is 6.92. The Morgan fingerprint density at radius 3 is 2.65 bits per heavy atom. The van der Waals surface area contributed by atoms with Gasteiger partial charge in [0.2, 0.25) is 0 Å². The second kappa shape index (κ2) is 9.32. The SMILES string of the molecule is Cc1ccc(C2CC(CNC(C)c3cccc4ccccc34)Oc3ccccc32)cc1C(=O)O. The molecule has 1 aliphatic heterocycles. The molecule has 172 valence electrons. The molecule has 0 aromatic heterocycles. The molecule has 5 rings (SSSR count). The second-order valence-electron chi connectivity index (χ2n) is 9.14. The van der Waals surface area contributed by atoms with Gasteiger partial charge in [-0.2, -0.15) is 0 Å². The largest absolute Gasteiger partial charge is 0.489 e. The van der Waals surface area contributed by atoms with Crippen LogP contribution in [0.25, 0.3) is 10.8 Å². The van der Waals surface area contributed by atoms with Crippen molar-refractivity contribution in [2.45, 2.75) is 38.3 Å². The molecule has 1 aliphatic rings. The van der Waals surface area contributed by atoms with Gasteiger partial charge in [0, 0.05) is 24.1 Å². The Hall–Kier alpha value is -3.63. The average Bonchev–Trinajstić information content (AvgIpc) is 2.86. The fourth-order valence-corrected chi connectivity index (χ4v) is 5.07. The zero-order valence-corrected chi connectivity index (χ0v) is 19.5. The van der Waals surface area contributed by atoms with E-state index in [-0.39, 0.29) is 18.1 Å². The lowest BCUT2D eigenvalue weighted by Crippen LogP contribution is -2.37. The van der Waals surface area contributed by atoms with E-state index in [0.717, 1.165) is 28.9 Å². The van der Waals surface area contributed by atoms with Crippen molar-refractivity contribution in [1.29, 1.82) is 0 Å². The van der Waals surface area contributed by atoms with Crippen molar-refractivity contribution in [3.63, 3.8) is 0 Å². The van der Waals surface area contributed by atoms with Gasteiger partial charge < -0.3 is 15.2 Å². The lowest BCUT2D eigenvalue weighted by molar-refractivity contribution is 0.0696. The van der Waals surface area contributed by atoms with Crippen LogP contribution in [0.3, 0.4) is 0 Å². The van der Waals surface area contributed by atoms with Crippen LogP contribution >= 0.6 is 0 Å². The van der Waals surface area contributed by atoms with Gasteiger partial charge in [-0.1, -0.05) is 72.8 Å². The first-order chi connectivity index (χ1) is 16.5. The van der Waals surface area contributed by atoms with Gasteiger partial charge >= 0.3 is 5.97 Å². The lowest BCUT2D eigenvalue weighted by Gasteiger charge is -2.33. The van der Waals surface area contributed by atoms with Crippen LogP contribution in [0, 0.1) is 6.92 Å². The van der Waals surface area contributed by atoms with E-state index < -0.39 is 5.97 Å². The summed E-state index contributed by atoms with van der Waals surface area (Å²) in [7, 11) is 0. The molecule has 0 radical (unpaired) electrons. The standard InChI is InChI=1S/C30H29NO3/c1-19-14-15-22(16-27(19)30(32)33)28-17-23(34-29-13-6-5-11-26(28)29)18-31-20(2)24-12-7-9-21-8-3-4-10-25(21)24/h3-16,20,23,28,31H,17-18H2,1-2H3,(H,32,33). The molecule has 3 unspecified atom stereocenters. The van der Waals surface area contributed by atoms with Crippen LogP contribution in [0.4, 0.5) is 0 Å². The quantitative estimate of drug-likeness (QED) is 0.352. The van der Waals surface area contributed by atoms with Crippen molar-refractivity contribution < 1.29 is 14.6 Å². The Labute approximate surface area is 200 Å². The molecule has 4 heteroatoms. The fourth-order valence-electron chi connectivity index (χ4n) is 5.07. The Morgan fingerprint density at radius 1 is 1.03 bits per heavy atom. The predicted octanol–water partition coefficient (Wildman–Crippen LogP) is 6.48. The zero-order valence-electron chi connectivity index (χ0n) is 19.5. The summed E-state index contributed by atoms with van der Waals surface area (Å²) in [4.78, 5) is 11.7. The van der Waals surface area contributed by atoms with E-state index in [1.165, 1.54) is 16.3 Å². The summed E-state index contributed by atoms with van der Waals surface area (Å²) in [6.45, 7) is 4.73. The summed E-state index contributed by atoms with van der Waals surface area (Å²) >= 11 is 0. The number of aryl methyl sites for hydroxylation is 1. The topological polar surface area (TPSA) is 58.6 Å². The lowest BCUT2D eigenvalue weighted by atomic mass is 9.83. The van der Waals surface area contributed by atoms with Gasteiger partial charge in [-0.25, -0.2) is 4.79 Å². The van der Waals surface area contributed by atoms with Gasteiger partial charge in [-0.05, 0) is 59.9 Å². The van der Waals surface area contributed by atoms with E-state index in [4.69, 9.17) is 4.74 Å². The number of fused-ring (bicyclic) bond motifs is 2. The van der Waals surface area contributed by atoms with Crippen molar-refractivity contribution >= 4 is 16.7 Å². The summed E-state index contributed by atoms with van der Waals surface area (Å²) in [5.41, 5.74) is 4.54. The molecule has 0 spiro atoms. The number of aromatic carboxylic acids is 1. The Bertz CT molecular complexity index is 1340. The van der Waals surface area contributed by atoms with Gasteiger partial charge in [0.15, 0.2) is 0 Å². The molecule has 4 aromatic carbocycles. The first kappa shape index (κ1) is 22.2. The fraction of sp³-hybridized carbons (Fsp3) is 0.233. The van der Waals surface area contributed by atoms with Crippen LogP contribution in [0.15, 0.2) is 84.9 Å². The van der Waals surface area contributed by atoms with Crippen molar-refractivity contribution in [3.05, 3.63) is 113 Å². The van der Waals surface area contributed by atoms with Crippen molar-refractivity contribution in [1.82, 2.24) is 5.32 Å². The Morgan fingerprint density at radius 2 is 1.79 bits per heavy atom. The molecule has 3 atom stereocenters. The number of para-hydroxylation sites is 1. The van der Waals surface area contributed by atoms with Crippen LogP contribution in [0.2, 0.25) is 0 Å². The van der Waals surface area contributed by atoms with Gasteiger partial charge in [0.25, 0.3) is 0 Å². The van der Waals surface area contributed by atoms with Crippen LogP contribution in [0.5, 0.6) is 5.75 Å². The monoisotopic (exact) mass is 451 g/mol. The summed E-state index contributed by atoms with van der Waals surface area (Å²) < 4.78 is 6.38. The number of ether oxygens (including phenoxy) is 1. The molecule has 1 heterocycles. The number of carboxylic acids is 1. The number of hydrogen-bond donors (Lipinski definition) is 2. The minimum absolute atomic E-state index is 0.0214. The Balaban J connectivity index is 1.39.